The fourth-order valence-electron chi connectivity index (χ4n) is 3.58. The highest BCUT2D eigenvalue weighted by Gasteiger charge is 2.31. The number of aryl methyl sites for hydroxylation is 2. The van der Waals surface area contributed by atoms with Crippen LogP contribution in [0, 0.1) is 6.92 Å². The van der Waals surface area contributed by atoms with Gasteiger partial charge in [-0.2, -0.15) is 0 Å². The summed E-state index contributed by atoms with van der Waals surface area (Å²) in [7, 11) is -1.40. The van der Waals surface area contributed by atoms with Gasteiger partial charge in [0.25, 0.3) is 5.91 Å². The molecule has 0 radical (unpaired) electrons. The zero-order chi connectivity index (χ0) is 18.3. The summed E-state index contributed by atoms with van der Waals surface area (Å²) < 4.78 is 20.0. The molecule has 1 aliphatic heterocycles. The molecule has 2 unspecified atom stereocenters. The van der Waals surface area contributed by atoms with E-state index in [0.717, 1.165) is 41.7 Å². The first kappa shape index (κ1) is 17.3. The van der Waals surface area contributed by atoms with Gasteiger partial charge in [-0.25, -0.2) is 4.21 Å². The molecule has 1 amide bonds. The van der Waals surface area contributed by atoms with Gasteiger partial charge < -0.3 is 4.74 Å². The number of fused-ring (bicyclic) bond motifs is 1. The van der Waals surface area contributed by atoms with E-state index in [4.69, 9.17) is 16.3 Å². The molecular formula is C20H18ClNO3S. The van der Waals surface area contributed by atoms with Gasteiger partial charge in [0.05, 0.1) is 5.02 Å². The van der Waals surface area contributed by atoms with E-state index in [9.17, 15) is 9.00 Å². The maximum atomic E-state index is 12.1. The molecule has 2 atom stereocenters. The molecule has 2 aromatic rings. The number of amides is 1. The molecule has 134 valence electrons. The number of nitrogens with one attached hydrogen (secondary N) is 1. The Bertz CT molecular complexity index is 954. The molecule has 1 N–H and O–H groups in total. The second-order valence-corrected chi connectivity index (χ2v) is 8.09. The van der Waals surface area contributed by atoms with Gasteiger partial charge in [-0.3, -0.25) is 9.52 Å². The summed E-state index contributed by atoms with van der Waals surface area (Å²) in [5.41, 5.74) is 3.96. The van der Waals surface area contributed by atoms with E-state index in [2.05, 4.69) is 4.72 Å². The maximum absolute atomic E-state index is 12.1. The zero-order valence-corrected chi connectivity index (χ0v) is 15.8. The Hall–Kier alpha value is -2.11. The van der Waals surface area contributed by atoms with Crippen LogP contribution in [0.3, 0.4) is 0 Å². The maximum Gasteiger partial charge on any atom is 0.260 e. The Labute approximate surface area is 159 Å². The Morgan fingerprint density at radius 3 is 2.81 bits per heavy atom. The molecule has 26 heavy (non-hydrogen) atoms. The third-order valence-corrected chi connectivity index (χ3v) is 5.96. The number of carbonyl (C=O) groups is 1. The second-order valence-electron chi connectivity index (χ2n) is 6.64. The largest absolute Gasteiger partial charge is 0.456 e. The number of ether oxygens (including phenoxy) is 1. The van der Waals surface area contributed by atoms with E-state index < -0.39 is 11.0 Å². The monoisotopic (exact) mass is 387 g/mol. The summed E-state index contributed by atoms with van der Waals surface area (Å²) in [4.78, 5) is 12.1. The van der Waals surface area contributed by atoms with E-state index in [1.165, 1.54) is 0 Å². The lowest BCUT2D eigenvalue weighted by molar-refractivity contribution is -0.115. The van der Waals surface area contributed by atoms with E-state index in [0.29, 0.717) is 16.3 Å². The Morgan fingerprint density at radius 1 is 1.23 bits per heavy atom. The minimum Gasteiger partial charge on any atom is -0.456 e. The molecule has 1 heterocycles. The van der Waals surface area contributed by atoms with Crippen LogP contribution in [0.5, 0.6) is 11.5 Å². The van der Waals surface area contributed by atoms with Crippen molar-refractivity contribution in [1.82, 2.24) is 4.72 Å². The van der Waals surface area contributed by atoms with E-state index in [1.807, 2.05) is 43.3 Å². The van der Waals surface area contributed by atoms with Crippen molar-refractivity contribution in [3.8, 4) is 11.5 Å². The normalized spacial score (nSPS) is 21.8. The number of halogens is 1. The topological polar surface area (TPSA) is 55.4 Å². The highest BCUT2D eigenvalue weighted by molar-refractivity contribution is 7.87. The molecule has 0 saturated carbocycles. The summed E-state index contributed by atoms with van der Waals surface area (Å²) in [5.74, 6) is 1.11. The smallest absolute Gasteiger partial charge is 0.260 e. The van der Waals surface area contributed by atoms with Crippen molar-refractivity contribution in [2.75, 3.05) is 0 Å². The molecule has 2 aliphatic rings. The summed E-state index contributed by atoms with van der Waals surface area (Å²) in [5, 5.41) is 2.12. The zero-order valence-electron chi connectivity index (χ0n) is 14.3. The van der Waals surface area contributed by atoms with Gasteiger partial charge in [-0.1, -0.05) is 23.7 Å². The van der Waals surface area contributed by atoms with Crippen LogP contribution in [0.4, 0.5) is 0 Å². The number of rotatable bonds is 3. The van der Waals surface area contributed by atoms with Gasteiger partial charge in [-0.15, -0.1) is 0 Å². The Kier molecular flexibility index (Phi) is 4.59. The lowest BCUT2D eigenvalue weighted by Crippen LogP contribution is -2.22. The van der Waals surface area contributed by atoms with Gasteiger partial charge >= 0.3 is 0 Å². The fraction of sp³-hybridized carbons (Fsp3) is 0.250. The first-order valence-electron chi connectivity index (χ1n) is 8.51. The van der Waals surface area contributed by atoms with Crippen LogP contribution in [0.2, 0.25) is 5.02 Å². The molecule has 1 aliphatic carbocycles. The quantitative estimate of drug-likeness (QED) is 0.841. The Balaban J connectivity index is 1.63. The minimum absolute atomic E-state index is 0.0118. The van der Waals surface area contributed by atoms with Crippen molar-refractivity contribution < 1.29 is 13.7 Å². The van der Waals surface area contributed by atoms with Gasteiger partial charge in [0.1, 0.15) is 22.5 Å². The third kappa shape index (κ3) is 3.29. The molecule has 0 bridgehead atoms. The number of carbonyl (C=O) groups excluding carboxylic acids is 1. The lowest BCUT2D eigenvalue weighted by atomic mass is 9.79. The van der Waals surface area contributed by atoms with Crippen LogP contribution in [0.1, 0.15) is 35.4 Å². The lowest BCUT2D eigenvalue weighted by Gasteiger charge is -2.26. The molecule has 0 fully saturated rings. The second kappa shape index (κ2) is 6.89. The van der Waals surface area contributed by atoms with Crippen molar-refractivity contribution in [2.45, 2.75) is 32.1 Å². The molecule has 4 rings (SSSR count). The van der Waals surface area contributed by atoms with E-state index in [1.54, 1.807) is 5.41 Å². The first-order chi connectivity index (χ1) is 12.5. The van der Waals surface area contributed by atoms with E-state index in [-0.39, 0.29) is 11.8 Å². The molecule has 0 aromatic heterocycles. The summed E-state index contributed by atoms with van der Waals surface area (Å²) in [6.45, 7) is 1.98. The number of benzene rings is 2. The van der Waals surface area contributed by atoms with Crippen LogP contribution in [0.25, 0.3) is 0 Å². The average Bonchev–Trinajstić information content (AvgIpc) is 2.95. The van der Waals surface area contributed by atoms with E-state index >= 15 is 0 Å². The van der Waals surface area contributed by atoms with Crippen molar-refractivity contribution in [3.63, 3.8) is 0 Å². The van der Waals surface area contributed by atoms with Gasteiger partial charge in [0, 0.05) is 16.9 Å². The van der Waals surface area contributed by atoms with Crippen LogP contribution in [-0.4, -0.2) is 10.1 Å². The molecule has 4 nitrogen and oxygen atoms in total. The van der Waals surface area contributed by atoms with Crippen molar-refractivity contribution in [2.24, 2.45) is 0 Å². The van der Waals surface area contributed by atoms with Crippen LogP contribution in [0.15, 0.2) is 47.4 Å². The SMILES string of the molecule is Cc1ccc(Oc2ccc3c(c2)CCCC3C2=CS(=O)NC2=O)c(Cl)c1. The highest BCUT2D eigenvalue weighted by Crippen LogP contribution is 2.40. The third-order valence-electron chi connectivity index (χ3n) is 4.81. The predicted molar refractivity (Wildman–Crippen MR) is 103 cm³/mol. The number of hydrogen-bond acceptors (Lipinski definition) is 3. The highest BCUT2D eigenvalue weighted by atomic mass is 35.5. The summed E-state index contributed by atoms with van der Waals surface area (Å²) in [6.07, 6.45) is 2.79. The van der Waals surface area contributed by atoms with Gasteiger partial charge in [0.15, 0.2) is 0 Å². The van der Waals surface area contributed by atoms with Crippen LogP contribution in [-0.2, 0) is 22.2 Å². The van der Waals surface area contributed by atoms with Gasteiger partial charge in [0.2, 0.25) is 0 Å². The summed E-state index contributed by atoms with van der Waals surface area (Å²) >= 11 is 6.26. The molecule has 0 saturated heterocycles. The standard InChI is InChI=1S/C20H18ClNO3S/c1-12-5-8-19(18(21)9-12)25-14-6-7-15-13(10-14)3-2-4-16(15)17-11-26(24)22-20(17)23/h5-11,16H,2-4H2,1H3,(H,22,23). The van der Waals surface area contributed by atoms with Crippen molar-refractivity contribution in [3.05, 3.63) is 69.1 Å². The molecular weight excluding hydrogens is 370 g/mol. The van der Waals surface area contributed by atoms with Crippen molar-refractivity contribution in [1.29, 1.82) is 0 Å². The minimum atomic E-state index is -1.40. The molecule has 6 heteroatoms. The van der Waals surface area contributed by atoms with Crippen molar-refractivity contribution >= 4 is 28.5 Å². The molecule has 2 aromatic carbocycles. The number of hydrogen-bond donors (Lipinski definition) is 1. The van der Waals surface area contributed by atoms with Crippen LogP contribution < -0.4 is 9.46 Å². The molecule has 0 spiro atoms. The predicted octanol–water partition coefficient (Wildman–Crippen LogP) is 4.54. The first-order valence-corrected chi connectivity index (χ1v) is 10.1. The van der Waals surface area contributed by atoms with Crippen LogP contribution >= 0.6 is 11.6 Å². The average molecular weight is 388 g/mol. The fourth-order valence-corrected chi connectivity index (χ4v) is 4.72. The van der Waals surface area contributed by atoms with Gasteiger partial charge in [-0.05, 0) is 67.1 Å². The Morgan fingerprint density at radius 2 is 2.08 bits per heavy atom. The summed E-state index contributed by atoms with van der Waals surface area (Å²) in [6, 6.07) is 11.6.